The van der Waals surface area contributed by atoms with Crippen LogP contribution in [0.1, 0.15) is 17.2 Å². The maximum absolute atomic E-state index is 12.9. The Hall–Kier alpha value is -1.28. The number of thiophene rings is 1. The van der Waals surface area contributed by atoms with E-state index in [1.807, 2.05) is 12.1 Å². The maximum atomic E-state index is 12.9. The van der Waals surface area contributed by atoms with E-state index < -0.39 is 10.0 Å². The zero-order chi connectivity index (χ0) is 15.2. The highest BCUT2D eigenvalue weighted by Crippen LogP contribution is 2.35. The van der Waals surface area contributed by atoms with E-state index in [0.717, 1.165) is 24.3 Å². The molecule has 5 nitrogen and oxygen atoms in total. The van der Waals surface area contributed by atoms with Gasteiger partial charge in [-0.05, 0) is 35.5 Å². The van der Waals surface area contributed by atoms with Crippen LogP contribution in [0.15, 0.2) is 40.1 Å². The average molecular weight is 335 g/mol. The summed E-state index contributed by atoms with van der Waals surface area (Å²) < 4.78 is 27.8. The second kappa shape index (κ2) is 5.42. The molecule has 0 spiro atoms. The minimum atomic E-state index is -3.43. The van der Waals surface area contributed by atoms with E-state index in [-0.39, 0.29) is 5.92 Å². The van der Waals surface area contributed by atoms with Crippen molar-refractivity contribution in [3.63, 3.8) is 0 Å². The van der Waals surface area contributed by atoms with Gasteiger partial charge in [0.1, 0.15) is 4.21 Å². The van der Waals surface area contributed by atoms with Gasteiger partial charge in [0.25, 0.3) is 10.0 Å². The molecule has 4 heterocycles. The zero-order valence-electron chi connectivity index (χ0n) is 12.0. The van der Waals surface area contributed by atoms with Gasteiger partial charge in [-0.15, -0.1) is 11.3 Å². The molecule has 116 valence electrons. The van der Waals surface area contributed by atoms with E-state index in [1.54, 1.807) is 28.0 Å². The Labute approximate surface area is 134 Å². The lowest BCUT2D eigenvalue weighted by molar-refractivity contribution is 0.350. The fourth-order valence-electron chi connectivity index (χ4n) is 3.40. The highest BCUT2D eigenvalue weighted by molar-refractivity contribution is 7.91. The van der Waals surface area contributed by atoms with Crippen LogP contribution >= 0.6 is 11.3 Å². The summed E-state index contributed by atoms with van der Waals surface area (Å²) in [5.41, 5.74) is 2.08. The molecule has 2 aromatic heterocycles. The number of fused-ring (bicyclic) bond motifs is 3. The monoisotopic (exact) mass is 335 g/mol. The quantitative estimate of drug-likeness (QED) is 0.906. The van der Waals surface area contributed by atoms with Crippen LogP contribution in [0.3, 0.4) is 0 Å². The Balaban J connectivity index is 1.77. The smallest absolute Gasteiger partial charge is 0.252 e. The molecule has 0 radical (unpaired) electrons. The molecular weight excluding hydrogens is 318 g/mol. The molecule has 2 unspecified atom stereocenters. The van der Waals surface area contributed by atoms with Gasteiger partial charge in [0.05, 0.1) is 0 Å². The summed E-state index contributed by atoms with van der Waals surface area (Å²) in [6.07, 6.45) is 1.80. The molecule has 1 fully saturated rings. The van der Waals surface area contributed by atoms with Crippen LogP contribution in [-0.4, -0.2) is 37.3 Å². The Kier molecular flexibility index (Phi) is 3.53. The van der Waals surface area contributed by atoms with E-state index >= 15 is 0 Å². The summed E-state index contributed by atoms with van der Waals surface area (Å²) >= 11 is 1.28. The molecule has 7 heteroatoms. The fourth-order valence-corrected chi connectivity index (χ4v) is 6.02. The standard InChI is InChI=1S/C15H17N3O2S2/c19-22(20,14-4-2-6-21-14)18-9-11-3-1-5-17-15(11)13-8-16-7-12(13)10-18/h1-6,12-13,16H,7-10H2. The van der Waals surface area contributed by atoms with Gasteiger partial charge in [0.2, 0.25) is 0 Å². The molecule has 0 saturated carbocycles. The minimum absolute atomic E-state index is 0.283. The molecule has 0 amide bonds. The van der Waals surface area contributed by atoms with Crippen LogP contribution in [0.4, 0.5) is 0 Å². The molecule has 4 rings (SSSR count). The first kappa shape index (κ1) is 14.3. The van der Waals surface area contributed by atoms with E-state index in [9.17, 15) is 8.42 Å². The van der Waals surface area contributed by atoms with Crippen molar-refractivity contribution in [1.82, 2.24) is 14.6 Å². The first-order valence-electron chi connectivity index (χ1n) is 7.34. The Bertz CT molecular complexity index is 774. The van der Waals surface area contributed by atoms with Crippen molar-refractivity contribution in [1.29, 1.82) is 0 Å². The van der Waals surface area contributed by atoms with Crippen molar-refractivity contribution < 1.29 is 8.42 Å². The second-order valence-electron chi connectivity index (χ2n) is 5.80. The Morgan fingerprint density at radius 2 is 2.18 bits per heavy atom. The zero-order valence-corrected chi connectivity index (χ0v) is 13.6. The highest BCUT2D eigenvalue weighted by Gasteiger charge is 2.39. The lowest BCUT2D eigenvalue weighted by Crippen LogP contribution is -2.34. The van der Waals surface area contributed by atoms with Crippen LogP contribution in [0, 0.1) is 5.92 Å². The van der Waals surface area contributed by atoms with Crippen molar-refractivity contribution in [2.24, 2.45) is 5.92 Å². The molecule has 2 aromatic rings. The van der Waals surface area contributed by atoms with Crippen molar-refractivity contribution in [3.8, 4) is 0 Å². The van der Waals surface area contributed by atoms with Crippen LogP contribution < -0.4 is 5.32 Å². The first-order valence-corrected chi connectivity index (χ1v) is 9.66. The van der Waals surface area contributed by atoms with Crippen LogP contribution in [0.25, 0.3) is 0 Å². The molecule has 2 aliphatic rings. The van der Waals surface area contributed by atoms with Gasteiger partial charge in [-0.1, -0.05) is 12.1 Å². The van der Waals surface area contributed by atoms with Crippen LogP contribution in [-0.2, 0) is 16.6 Å². The SMILES string of the molecule is O=S(=O)(c1cccs1)N1Cc2cccnc2C2CNCC2C1. The Morgan fingerprint density at radius 1 is 1.27 bits per heavy atom. The summed E-state index contributed by atoms with van der Waals surface area (Å²) in [6.45, 7) is 2.68. The van der Waals surface area contributed by atoms with E-state index in [4.69, 9.17) is 0 Å². The van der Waals surface area contributed by atoms with Gasteiger partial charge >= 0.3 is 0 Å². The molecule has 1 N–H and O–H groups in total. The fraction of sp³-hybridized carbons (Fsp3) is 0.400. The lowest BCUT2D eigenvalue weighted by atomic mass is 9.91. The van der Waals surface area contributed by atoms with Crippen LogP contribution in [0.5, 0.6) is 0 Å². The first-order chi connectivity index (χ1) is 10.7. The third-order valence-electron chi connectivity index (χ3n) is 4.49. The highest BCUT2D eigenvalue weighted by atomic mass is 32.2. The average Bonchev–Trinajstić information content (AvgIpc) is 3.17. The van der Waals surface area contributed by atoms with Gasteiger partial charge in [-0.3, -0.25) is 4.98 Å². The van der Waals surface area contributed by atoms with E-state index in [2.05, 4.69) is 10.3 Å². The predicted octanol–water partition coefficient (Wildman–Crippen LogP) is 1.65. The summed E-state index contributed by atoms with van der Waals surface area (Å²) in [5, 5.41) is 5.19. The number of sulfonamides is 1. The number of pyridine rings is 1. The van der Waals surface area contributed by atoms with Crippen LogP contribution in [0.2, 0.25) is 0 Å². The topological polar surface area (TPSA) is 62.3 Å². The molecule has 2 aliphatic heterocycles. The van der Waals surface area contributed by atoms with Gasteiger partial charge in [-0.25, -0.2) is 8.42 Å². The molecule has 1 saturated heterocycles. The maximum Gasteiger partial charge on any atom is 0.252 e. The van der Waals surface area contributed by atoms with E-state index in [1.165, 1.54) is 11.3 Å². The summed E-state index contributed by atoms with van der Waals surface area (Å²) in [5.74, 6) is 0.589. The second-order valence-corrected chi connectivity index (χ2v) is 8.91. The van der Waals surface area contributed by atoms with Gasteiger partial charge in [0.15, 0.2) is 0 Å². The molecule has 0 bridgehead atoms. The summed E-state index contributed by atoms with van der Waals surface area (Å²) in [6, 6.07) is 7.35. The molecule has 0 aromatic carbocycles. The van der Waals surface area contributed by atoms with E-state index in [0.29, 0.717) is 23.2 Å². The number of nitrogens with zero attached hydrogens (tertiary/aromatic N) is 2. The molecular formula is C15H17N3O2S2. The summed E-state index contributed by atoms with van der Waals surface area (Å²) in [4.78, 5) is 4.54. The Morgan fingerprint density at radius 3 is 3.00 bits per heavy atom. The largest absolute Gasteiger partial charge is 0.316 e. The third kappa shape index (κ3) is 2.28. The van der Waals surface area contributed by atoms with Crippen molar-refractivity contribution in [2.45, 2.75) is 16.7 Å². The third-order valence-corrected chi connectivity index (χ3v) is 7.68. The number of rotatable bonds is 2. The lowest BCUT2D eigenvalue weighted by Gasteiger charge is -2.22. The van der Waals surface area contributed by atoms with Gasteiger partial charge < -0.3 is 5.32 Å². The molecule has 22 heavy (non-hydrogen) atoms. The van der Waals surface area contributed by atoms with Gasteiger partial charge in [0, 0.05) is 37.4 Å². The number of hydrogen-bond donors (Lipinski definition) is 1. The summed E-state index contributed by atoms with van der Waals surface area (Å²) in [7, 11) is -3.43. The van der Waals surface area contributed by atoms with Crippen molar-refractivity contribution in [2.75, 3.05) is 19.6 Å². The number of nitrogens with one attached hydrogen (secondary N) is 1. The van der Waals surface area contributed by atoms with Crippen molar-refractivity contribution in [3.05, 3.63) is 47.1 Å². The molecule has 2 atom stereocenters. The van der Waals surface area contributed by atoms with Gasteiger partial charge in [-0.2, -0.15) is 4.31 Å². The molecule has 0 aliphatic carbocycles. The minimum Gasteiger partial charge on any atom is -0.316 e. The predicted molar refractivity (Wildman–Crippen MR) is 85.3 cm³/mol. The number of aromatic nitrogens is 1. The van der Waals surface area contributed by atoms with Crippen molar-refractivity contribution >= 4 is 21.4 Å². The number of hydrogen-bond acceptors (Lipinski definition) is 5. The normalized spacial score (nSPS) is 25.5.